The van der Waals surface area contributed by atoms with Crippen LogP contribution in [0.25, 0.3) is 0 Å². The summed E-state index contributed by atoms with van der Waals surface area (Å²) in [5.74, 6) is -0.291. The summed E-state index contributed by atoms with van der Waals surface area (Å²) >= 11 is 0. The summed E-state index contributed by atoms with van der Waals surface area (Å²) in [5.41, 5.74) is 3.12. The lowest BCUT2D eigenvalue weighted by atomic mass is 10.1. The molecule has 0 radical (unpaired) electrons. The molecule has 0 saturated carbocycles. The molecule has 2 aromatic carbocycles. The van der Waals surface area contributed by atoms with E-state index in [1.54, 1.807) is 0 Å². The van der Waals surface area contributed by atoms with Crippen LogP contribution in [0.3, 0.4) is 0 Å². The minimum absolute atomic E-state index is 0.291. The molecule has 0 saturated heterocycles. The summed E-state index contributed by atoms with van der Waals surface area (Å²) in [4.78, 5) is 13.9. The highest BCUT2D eigenvalue weighted by Gasteiger charge is 2.08. The molecule has 116 valence electrons. The van der Waals surface area contributed by atoms with Gasteiger partial charge in [-0.05, 0) is 36.2 Å². The average Bonchev–Trinajstić information content (AvgIpc) is 2.56. The smallest absolute Gasteiger partial charge is 0.337 e. The zero-order chi connectivity index (χ0) is 15.8. The fraction of sp³-hybridized carbons (Fsp3) is 0.316. The molecule has 0 unspecified atom stereocenters. The second-order valence-electron chi connectivity index (χ2n) is 5.38. The van der Waals surface area contributed by atoms with E-state index in [9.17, 15) is 4.79 Å². The van der Waals surface area contributed by atoms with Gasteiger partial charge in [-0.2, -0.15) is 0 Å². The molecular weight excluding hydrogens is 274 g/mol. The van der Waals surface area contributed by atoms with Crippen LogP contribution in [0.2, 0.25) is 0 Å². The number of rotatable bonds is 7. The zero-order valence-corrected chi connectivity index (χ0v) is 13.3. The van der Waals surface area contributed by atoms with Crippen molar-refractivity contribution < 1.29 is 9.53 Å². The minimum atomic E-state index is -0.291. The standard InChI is InChI=1S/C19H23NO2/c1-3-13-20(14-16-7-5-4-6-8-16)15-17-9-11-18(12-10-17)19(21)22-2/h4-12H,3,13-15H2,1-2H3. The molecule has 0 spiro atoms. The molecule has 0 fully saturated rings. The molecule has 0 aliphatic rings. The van der Waals surface area contributed by atoms with Gasteiger partial charge < -0.3 is 4.74 Å². The summed E-state index contributed by atoms with van der Waals surface area (Å²) in [6, 6.07) is 18.2. The molecule has 0 heterocycles. The first-order valence-corrected chi connectivity index (χ1v) is 7.66. The SMILES string of the molecule is CCCN(Cc1ccccc1)Cc1ccc(C(=O)OC)cc1. The third-order valence-corrected chi connectivity index (χ3v) is 3.57. The summed E-state index contributed by atoms with van der Waals surface area (Å²) in [5, 5.41) is 0. The predicted octanol–water partition coefficient (Wildman–Crippen LogP) is 3.89. The molecule has 0 aliphatic heterocycles. The average molecular weight is 297 g/mol. The zero-order valence-electron chi connectivity index (χ0n) is 13.3. The van der Waals surface area contributed by atoms with Gasteiger partial charge in [0.2, 0.25) is 0 Å². The largest absolute Gasteiger partial charge is 0.465 e. The molecule has 0 bridgehead atoms. The van der Waals surface area contributed by atoms with Crippen molar-refractivity contribution in [2.45, 2.75) is 26.4 Å². The van der Waals surface area contributed by atoms with Crippen LogP contribution in [0.5, 0.6) is 0 Å². The number of ether oxygens (including phenoxy) is 1. The lowest BCUT2D eigenvalue weighted by molar-refractivity contribution is 0.0600. The van der Waals surface area contributed by atoms with Crippen LogP contribution in [-0.2, 0) is 17.8 Å². The van der Waals surface area contributed by atoms with Gasteiger partial charge in [-0.25, -0.2) is 4.79 Å². The van der Waals surface area contributed by atoms with Crippen molar-refractivity contribution in [3.63, 3.8) is 0 Å². The van der Waals surface area contributed by atoms with E-state index in [2.05, 4.69) is 36.1 Å². The highest BCUT2D eigenvalue weighted by Crippen LogP contribution is 2.12. The Kier molecular flexibility index (Phi) is 6.16. The van der Waals surface area contributed by atoms with Crippen molar-refractivity contribution in [2.75, 3.05) is 13.7 Å². The lowest BCUT2D eigenvalue weighted by Gasteiger charge is -2.22. The van der Waals surface area contributed by atoms with Crippen LogP contribution in [0.4, 0.5) is 0 Å². The van der Waals surface area contributed by atoms with Crippen LogP contribution in [0, 0.1) is 0 Å². The van der Waals surface area contributed by atoms with Crippen molar-refractivity contribution in [2.24, 2.45) is 0 Å². The van der Waals surface area contributed by atoms with E-state index in [-0.39, 0.29) is 5.97 Å². The minimum Gasteiger partial charge on any atom is -0.465 e. The van der Waals surface area contributed by atoms with E-state index in [0.717, 1.165) is 26.1 Å². The number of hydrogen-bond acceptors (Lipinski definition) is 3. The second-order valence-corrected chi connectivity index (χ2v) is 5.38. The Morgan fingerprint density at radius 3 is 2.09 bits per heavy atom. The number of carbonyl (C=O) groups excluding carboxylic acids is 1. The van der Waals surface area contributed by atoms with E-state index >= 15 is 0 Å². The number of nitrogens with zero attached hydrogens (tertiary/aromatic N) is 1. The maximum absolute atomic E-state index is 11.5. The van der Waals surface area contributed by atoms with Crippen molar-refractivity contribution >= 4 is 5.97 Å². The van der Waals surface area contributed by atoms with Crippen molar-refractivity contribution in [1.82, 2.24) is 4.90 Å². The Bertz CT molecular complexity index is 578. The van der Waals surface area contributed by atoms with E-state index in [0.29, 0.717) is 5.56 Å². The van der Waals surface area contributed by atoms with E-state index < -0.39 is 0 Å². The Morgan fingerprint density at radius 2 is 1.55 bits per heavy atom. The van der Waals surface area contributed by atoms with Gasteiger partial charge in [-0.15, -0.1) is 0 Å². The van der Waals surface area contributed by atoms with Crippen molar-refractivity contribution in [3.05, 3.63) is 71.3 Å². The Labute approximate surface area is 132 Å². The van der Waals surface area contributed by atoms with Crippen LogP contribution >= 0.6 is 0 Å². The van der Waals surface area contributed by atoms with Crippen LogP contribution < -0.4 is 0 Å². The fourth-order valence-electron chi connectivity index (χ4n) is 2.49. The normalized spacial score (nSPS) is 10.7. The van der Waals surface area contributed by atoms with Gasteiger partial charge in [0.25, 0.3) is 0 Å². The molecule has 0 aliphatic carbocycles. The number of benzene rings is 2. The Hall–Kier alpha value is -2.13. The maximum Gasteiger partial charge on any atom is 0.337 e. The summed E-state index contributed by atoms with van der Waals surface area (Å²) in [7, 11) is 1.40. The Balaban J connectivity index is 2.02. The highest BCUT2D eigenvalue weighted by atomic mass is 16.5. The third kappa shape index (κ3) is 4.71. The van der Waals surface area contributed by atoms with Gasteiger partial charge in [0, 0.05) is 13.1 Å². The van der Waals surface area contributed by atoms with Crippen molar-refractivity contribution in [3.8, 4) is 0 Å². The van der Waals surface area contributed by atoms with Crippen LogP contribution in [0.1, 0.15) is 34.8 Å². The number of hydrogen-bond donors (Lipinski definition) is 0. The lowest BCUT2D eigenvalue weighted by Crippen LogP contribution is -2.23. The van der Waals surface area contributed by atoms with Crippen LogP contribution in [-0.4, -0.2) is 24.5 Å². The first kappa shape index (κ1) is 16.2. The molecule has 22 heavy (non-hydrogen) atoms. The van der Waals surface area contributed by atoms with Gasteiger partial charge >= 0.3 is 5.97 Å². The van der Waals surface area contributed by atoms with Gasteiger partial charge in [-0.3, -0.25) is 4.90 Å². The first-order valence-electron chi connectivity index (χ1n) is 7.66. The summed E-state index contributed by atoms with van der Waals surface area (Å²) < 4.78 is 4.73. The number of esters is 1. The topological polar surface area (TPSA) is 29.5 Å². The van der Waals surface area contributed by atoms with Gasteiger partial charge in [0.05, 0.1) is 12.7 Å². The van der Waals surface area contributed by atoms with Crippen LogP contribution in [0.15, 0.2) is 54.6 Å². The van der Waals surface area contributed by atoms with E-state index in [1.807, 2.05) is 30.3 Å². The highest BCUT2D eigenvalue weighted by molar-refractivity contribution is 5.89. The Morgan fingerprint density at radius 1 is 0.955 bits per heavy atom. The third-order valence-electron chi connectivity index (χ3n) is 3.57. The predicted molar refractivity (Wildman–Crippen MR) is 88.6 cm³/mol. The summed E-state index contributed by atoms with van der Waals surface area (Å²) in [6.45, 7) is 5.06. The number of carbonyl (C=O) groups is 1. The van der Waals surface area contributed by atoms with Gasteiger partial charge in [0.15, 0.2) is 0 Å². The maximum atomic E-state index is 11.5. The van der Waals surface area contributed by atoms with E-state index in [1.165, 1.54) is 18.2 Å². The molecule has 2 aromatic rings. The summed E-state index contributed by atoms with van der Waals surface area (Å²) in [6.07, 6.45) is 1.12. The monoisotopic (exact) mass is 297 g/mol. The van der Waals surface area contributed by atoms with Gasteiger partial charge in [-0.1, -0.05) is 49.4 Å². The van der Waals surface area contributed by atoms with E-state index in [4.69, 9.17) is 4.74 Å². The molecule has 0 aromatic heterocycles. The fourth-order valence-corrected chi connectivity index (χ4v) is 2.49. The number of methoxy groups -OCH3 is 1. The molecule has 3 heteroatoms. The first-order chi connectivity index (χ1) is 10.7. The second kappa shape index (κ2) is 8.35. The molecule has 0 atom stereocenters. The quantitative estimate of drug-likeness (QED) is 0.726. The van der Waals surface area contributed by atoms with Gasteiger partial charge in [0.1, 0.15) is 0 Å². The van der Waals surface area contributed by atoms with Crippen molar-refractivity contribution in [1.29, 1.82) is 0 Å². The molecule has 0 amide bonds. The molecule has 2 rings (SSSR count). The molecular formula is C19H23NO2. The molecule has 3 nitrogen and oxygen atoms in total. The molecule has 0 N–H and O–H groups in total.